The molecule has 0 saturated carbocycles. The van der Waals surface area contributed by atoms with Crippen LogP contribution in [0.3, 0.4) is 0 Å². The fraction of sp³-hybridized carbons (Fsp3) is 0.200. The molecule has 0 fully saturated rings. The van der Waals surface area contributed by atoms with E-state index in [-0.39, 0.29) is 17.6 Å². The molecule has 150 valence electrons. The van der Waals surface area contributed by atoms with Gasteiger partial charge in [-0.15, -0.1) is 11.8 Å². The number of rotatable bonds is 9. The van der Waals surface area contributed by atoms with Crippen molar-refractivity contribution in [3.63, 3.8) is 0 Å². The number of hydrogen-bond acceptors (Lipinski definition) is 8. The molecule has 0 saturated heterocycles. The minimum Gasteiger partial charge on any atom is -0.497 e. The molecule has 0 bridgehead atoms. The summed E-state index contributed by atoms with van der Waals surface area (Å²) in [6, 6.07) is 17.1. The number of methoxy groups -OCH3 is 1. The van der Waals surface area contributed by atoms with Gasteiger partial charge in [-0.25, -0.2) is 0 Å². The van der Waals surface area contributed by atoms with Crippen LogP contribution in [0, 0.1) is 0 Å². The van der Waals surface area contributed by atoms with Gasteiger partial charge in [0, 0.05) is 12.2 Å². The Morgan fingerprint density at radius 1 is 1.10 bits per heavy atom. The van der Waals surface area contributed by atoms with E-state index < -0.39 is 0 Å². The highest BCUT2D eigenvalue weighted by Gasteiger charge is 2.08. The number of para-hydroxylation sites is 1. The van der Waals surface area contributed by atoms with Gasteiger partial charge >= 0.3 is 0 Å². The van der Waals surface area contributed by atoms with Crippen molar-refractivity contribution in [2.24, 2.45) is 0 Å². The fourth-order valence-corrected chi connectivity index (χ4v) is 3.18. The Morgan fingerprint density at radius 3 is 2.72 bits per heavy atom. The van der Waals surface area contributed by atoms with E-state index in [0.717, 1.165) is 17.0 Å². The number of nitrogens with zero attached hydrogens (tertiary/aromatic N) is 3. The summed E-state index contributed by atoms with van der Waals surface area (Å²) in [6.45, 7) is 0.445. The number of carbonyl (C=O) groups excluding carboxylic acids is 1. The minimum atomic E-state index is -0.0671. The lowest BCUT2D eigenvalue weighted by molar-refractivity contribution is -0.118. The van der Waals surface area contributed by atoms with Crippen LogP contribution in [0.5, 0.6) is 5.75 Å². The lowest BCUT2D eigenvalue weighted by atomic mass is 10.2. The number of carbonyl (C=O) groups is 1. The number of hydrogen-bond donors (Lipinski definition) is 3. The highest BCUT2D eigenvalue weighted by Crippen LogP contribution is 2.15. The first-order chi connectivity index (χ1) is 14.1. The quantitative estimate of drug-likeness (QED) is 0.493. The SMILES string of the molecule is COc1cccc(CNC(=O)CSCc2nc(N)nc(Nc3ccccc3)n2)c1. The summed E-state index contributed by atoms with van der Waals surface area (Å²) >= 11 is 1.41. The monoisotopic (exact) mass is 410 g/mol. The van der Waals surface area contributed by atoms with E-state index in [1.165, 1.54) is 11.8 Å². The lowest BCUT2D eigenvalue weighted by Gasteiger charge is -2.08. The first-order valence-corrected chi connectivity index (χ1v) is 10.1. The summed E-state index contributed by atoms with van der Waals surface area (Å²) in [4.78, 5) is 24.7. The normalized spacial score (nSPS) is 10.4. The number of ether oxygens (including phenoxy) is 1. The van der Waals surface area contributed by atoms with Gasteiger partial charge in [-0.05, 0) is 29.8 Å². The Hall–Kier alpha value is -3.33. The molecular formula is C20H22N6O2S. The summed E-state index contributed by atoms with van der Waals surface area (Å²) in [5.74, 6) is 2.46. The van der Waals surface area contributed by atoms with E-state index in [9.17, 15) is 4.79 Å². The second-order valence-corrected chi connectivity index (χ2v) is 7.03. The number of aromatic nitrogens is 3. The minimum absolute atomic E-state index is 0.0671. The maximum atomic E-state index is 12.1. The third-order valence-electron chi connectivity index (χ3n) is 3.82. The van der Waals surface area contributed by atoms with Crippen LogP contribution >= 0.6 is 11.8 Å². The van der Waals surface area contributed by atoms with Crippen LogP contribution in [0.1, 0.15) is 11.4 Å². The molecule has 0 spiro atoms. The van der Waals surface area contributed by atoms with E-state index in [1.54, 1.807) is 7.11 Å². The van der Waals surface area contributed by atoms with Crippen molar-refractivity contribution >= 4 is 35.3 Å². The Morgan fingerprint density at radius 2 is 1.93 bits per heavy atom. The van der Waals surface area contributed by atoms with Crippen molar-refractivity contribution in [3.8, 4) is 5.75 Å². The van der Waals surface area contributed by atoms with Crippen LogP contribution in [0.25, 0.3) is 0 Å². The van der Waals surface area contributed by atoms with Crippen molar-refractivity contribution in [1.82, 2.24) is 20.3 Å². The number of thioether (sulfide) groups is 1. The van der Waals surface area contributed by atoms with Crippen molar-refractivity contribution < 1.29 is 9.53 Å². The second kappa shape index (κ2) is 10.3. The molecule has 9 heteroatoms. The molecule has 0 aliphatic rings. The number of nitrogen functional groups attached to an aromatic ring is 1. The summed E-state index contributed by atoms with van der Waals surface area (Å²) in [7, 11) is 1.61. The average Bonchev–Trinajstić information content (AvgIpc) is 2.73. The molecule has 0 aliphatic heterocycles. The van der Waals surface area contributed by atoms with Crippen LogP contribution in [0.2, 0.25) is 0 Å². The van der Waals surface area contributed by atoms with Crippen LogP contribution in [-0.2, 0) is 17.1 Å². The zero-order valence-corrected chi connectivity index (χ0v) is 16.8. The van der Waals surface area contributed by atoms with Gasteiger partial charge in [0.25, 0.3) is 0 Å². The Balaban J connectivity index is 1.47. The maximum absolute atomic E-state index is 12.1. The van der Waals surface area contributed by atoms with Crippen molar-refractivity contribution in [2.45, 2.75) is 12.3 Å². The van der Waals surface area contributed by atoms with Gasteiger partial charge in [0.1, 0.15) is 11.6 Å². The second-order valence-electron chi connectivity index (χ2n) is 6.05. The molecule has 1 aromatic heterocycles. The average molecular weight is 411 g/mol. The molecule has 1 amide bonds. The highest BCUT2D eigenvalue weighted by molar-refractivity contribution is 7.99. The Kier molecular flexibility index (Phi) is 7.23. The maximum Gasteiger partial charge on any atom is 0.232 e. The molecule has 0 aliphatic carbocycles. The number of benzene rings is 2. The predicted molar refractivity (Wildman–Crippen MR) is 115 cm³/mol. The zero-order chi connectivity index (χ0) is 20.5. The molecule has 3 rings (SSSR count). The molecule has 0 atom stereocenters. The molecule has 1 heterocycles. The molecule has 4 N–H and O–H groups in total. The van der Waals surface area contributed by atoms with E-state index >= 15 is 0 Å². The van der Waals surface area contributed by atoms with Gasteiger partial charge in [0.2, 0.25) is 17.8 Å². The number of nitrogens with two attached hydrogens (primary N) is 1. The van der Waals surface area contributed by atoms with Crippen LogP contribution in [0.15, 0.2) is 54.6 Å². The van der Waals surface area contributed by atoms with Gasteiger partial charge < -0.3 is 21.1 Å². The summed E-state index contributed by atoms with van der Waals surface area (Å²) in [5, 5.41) is 5.98. The van der Waals surface area contributed by atoms with Crippen molar-refractivity contribution in [1.29, 1.82) is 0 Å². The molecule has 2 aromatic carbocycles. The van der Waals surface area contributed by atoms with E-state index in [0.29, 0.717) is 24.1 Å². The van der Waals surface area contributed by atoms with Gasteiger partial charge in [0.05, 0.1) is 18.6 Å². The van der Waals surface area contributed by atoms with E-state index in [2.05, 4.69) is 25.6 Å². The summed E-state index contributed by atoms with van der Waals surface area (Å²) in [6.07, 6.45) is 0. The Labute approximate surface area is 173 Å². The standard InChI is InChI=1S/C20H22N6O2S/c1-28-16-9-5-6-14(10-16)11-22-18(27)13-29-12-17-24-19(21)26-20(25-17)23-15-7-3-2-4-8-15/h2-10H,11-13H2,1H3,(H,22,27)(H3,21,23,24,25,26). The van der Waals surface area contributed by atoms with E-state index in [1.807, 2.05) is 54.6 Å². The third-order valence-corrected chi connectivity index (χ3v) is 4.75. The van der Waals surface area contributed by atoms with Crippen molar-refractivity contribution in [2.75, 3.05) is 23.9 Å². The largest absolute Gasteiger partial charge is 0.497 e. The topological polar surface area (TPSA) is 115 Å². The first kappa shape index (κ1) is 20.4. The molecular weight excluding hydrogens is 388 g/mol. The molecule has 29 heavy (non-hydrogen) atoms. The number of amides is 1. The van der Waals surface area contributed by atoms with Crippen LogP contribution < -0.4 is 21.1 Å². The Bertz CT molecular complexity index is 955. The molecule has 8 nitrogen and oxygen atoms in total. The van der Waals surface area contributed by atoms with Gasteiger partial charge in [0.15, 0.2) is 0 Å². The van der Waals surface area contributed by atoms with Crippen LogP contribution in [-0.4, -0.2) is 33.7 Å². The van der Waals surface area contributed by atoms with Gasteiger partial charge in [-0.1, -0.05) is 30.3 Å². The number of nitrogens with one attached hydrogen (secondary N) is 2. The van der Waals surface area contributed by atoms with Crippen LogP contribution in [0.4, 0.5) is 17.6 Å². The van der Waals surface area contributed by atoms with Gasteiger partial charge in [-0.2, -0.15) is 15.0 Å². The predicted octanol–water partition coefficient (Wildman–Crippen LogP) is 2.76. The van der Waals surface area contributed by atoms with Gasteiger partial charge in [-0.3, -0.25) is 4.79 Å². The summed E-state index contributed by atoms with van der Waals surface area (Å²) < 4.78 is 5.18. The third kappa shape index (κ3) is 6.65. The molecule has 0 unspecified atom stereocenters. The van der Waals surface area contributed by atoms with E-state index in [4.69, 9.17) is 10.5 Å². The van der Waals surface area contributed by atoms with Crippen molar-refractivity contribution in [3.05, 3.63) is 66.0 Å². The number of anilines is 3. The molecule has 3 aromatic rings. The first-order valence-electron chi connectivity index (χ1n) is 8.92. The lowest BCUT2D eigenvalue weighted by Crippen LogP contribution is -2.24. The highest BCUT2D eigenvalue weighted by atomic mass is 32.2. The smallest absolute Gasteiger partial charge is 0.232 e. The fourth-order valence-electron chi connectivity index (χ4n) is 2.48. The summed E-state index contributed by atoms with van der Waals surface area (Å²) in [5.41, 5.74) is 7.61. The molecule has 0 radical (unpaired) electrons. The zero-order valence-electron chi connectivity index (χ0n) is 16.0.